The third-order valence-electron chi connectivity index (χ3n) is 3.04. The number of anilines is 3. The van der Waals surface area contributed by atoms with Crippen LogP contribution in [-0.2, 0) is 0 Å². The molecule has 0 atom stereocenters. The summed E-state index contributed by atoms with van der Waals surface area (Å²) in [6, 6.07) is 13.7. The Morgan fingerprint density at radius 1 is 0.947 bits per heavy atom. The van der Waals surface area contributed by atoms with Gasteiger partial charge in [0.05, 0.1) is 25.6 Å². The molecule has 0 saturated carbocycles. The van der Waals surface area contributed by atoms with E-state index in [-0.39, 0.29) is 0 Å². The van der Waals surface area contributed by atoms with Crippen molar-refractivity contribution in [3.63, 3.8) is 0 Å². The second kappa shape index (κ2) is 5.52. The van der Waals surface area contributed by atoms with Crippen LogP contribution >= 0.6 is 0 Å². The van der Waals surface area contributed by atoms with Gasteiger partial charge in [-0.2, -0.15) is 0 Å². The fraction of sp³-hybridized carbons (Fsp3) is 0.200. The van der Waals surface area contributed by atoms with E-state index < -0.39 is 0 Å². The Kier molecular flexibility index (Phi) is 3.80. The van der Waals surface area contributed by atoms with Gasteiger partial charge in [-0.05, 0) is 12.1 Å². The first kappa shape index (κ1) is 13.1. The molecule has 2 rings (SSSR count). The highest BCUT2D eigenvalue weighted by Gasteiger charge is 2.13. The van der Waals surface area contributed by atoms with Crippen LogP contribution in [0.25, 0.3) is 0 Å². The van der Waals surface area contributed by atoms with E-state index in [4.69, 9.17) is 15.2 Å². The summed E-state index contributed by atoms with van der Waals surface area (Å²) in [7, 11) is 5.17. The summed E-state index contributed by atoms with van der Waals surface area (Å²) in [5.41, 5.74) is 8.66. The number of ether oxygens (including phenoxy) is 2. The molecule has 0 aliphatic rings. The predicted molar refractivity (Wildman–Crippen MR) is 78.5 cm³/mol. The second-order valence-corrected chi connectivity index (χ2v) is 4.16. The molecule has 0 radical (unpaired) electrons. The molecule has 2 aromatic rings. The number of methoxy groups -OCH3 is 2. The monoisotopic (exact) mass is 258 g/mol. The lowest BCUT2D eigenvalue weighted by atomic mass is 10.2. The zero-order valence-electron chi connectivity index (χ0n) is 11.4. The highest BCUT2D eigenvalue weighted by Crippen LogP contribution is 2.38. The van der Waals surface area contributed by atoms with Gasteiger partial charge in [-0.25, -0.2) is 0 Å². The molecule has 2 N–H and O–H groups in total. The van der Waals surface area contributed by atoms with Gasteiger partial charge in [0.2, 0.25) is 0 Å². The average molecular weight is 258 g/mol. The number of benzene rings is 2. The van der Waals surface area contributed by atoms with E-state index in [1.807, 2.05) is 48.3 Å². The number of hydrogen-bond donors (Lipinski definition) is 1. The van der Waals surface area contributed by atoms with Gasteiger partial charge in [-0.1, -0.05) is 18.2 Å². The van der Waals surface area contributed by atoms with Gasteiger partial charge in [0, 0.05) is 24.9 Å². The van der Waals surface area contributed by atoms with E-state index in [0.717, 1.165) is 11.4 Å². The summed E-state index contributed by atoms with van der Waals surface area (Å²) in [5, 5.41) is 0. The molecule has 0 unspecified atom stereocenters. The summed E-state index contributed by atoms with van der Waals surface area (Å²) >= 11 is 0. The average Bonchev–Trinajstić information content (AvgIpc) is 2.47. The van der Waals surface area contributed by atoms with E-state index >= 15 is 0 Å². The molecule has 19 heavy (non-hydrogen) atoms. The molecule has 0 aliphatic carbocycles. The Bertz CT molecular complexity index is 556. The molecule has 2 aromatic carbocycles. The molecular formula is C15H18N2O2. The lowest BCUT2D eigenvalue weighted by molar-refractivity contribution is 0.355. The minimum atomic E-state index is 0.630. The standard InChI is InChI=1S/C15H18N2O2/c1-17(11-7-5-4-6-8-11)13-10-15(19-3)14(18-2)9-12(13)16/h4-10H,16H2,1-3H3. The van der Waals surface area contributed by atoms with Gasteiger partial charge < -0.3 is 20.1 Å². The Balaban J connectivity index is 2.45. The molecule has 100 valence electrons. The normalized spacial score (nSPS) is 10.1. The first-order chi connectivity index (χ1) is 9.17. The highest BCUT2D eigenvalue weighted by atomic mass is 16.5. The second-order valence-electron chi connectivity index (χ2n) is 4.16. The van der Waals surface area contributed by atoms with Crippen LogP contribution in [0.2, 0.25) is 0 Å². The molecule has 0 heterocycles. The van der Waals surface area contributed by atoms with Gasteiger partial charge in [0.15, 0.2) is 11.5 Å². The predicted octanol–water partition coefficient (Wildman–Crippen LogP) is 3.05. The molecule has 0 aliphatic heterocycles. The first-order valence-corrected chi connectivity index (χ1v) is 5.97. The van der Waals surface area contributed by atoms with Crippen molar-refractivity contribution in [2.75, 3.05) is 31.9 Å². The minimum Gasteiger partial charge on any atom is -0.493 e. The molecule has 4 heteroatoms. The van der Waals surface area contributed by atoms with Crippen molar-refractivity contribution in [2.24, 2.45) is 0 Å². The number of para-hydroxylation sites is 1. The fourth-order valence-electron chi connectivity index (χ4n) is 1.97. The fourth-order valence-corrected chi connectivity index (χ4v) is 1.97. The maximum atomic E-state index is 6.08. The van der Waals surface area contributed by atoms with Crippen molar-refractivity contribution in [3.8, 4) is 11.5 Å². The molecule has 4 nitrogen and oxygen atoms in total. The Labute approximate surface area is 113 Å². The smallest absolute Gasteiger partial charge is 0.162 e. The number of nitrogen functional groups attached to an aromatic ring is 1. The van der Waals surface area contributed by atoms with Crippen LogP contribution in [0, 0.1) is 0 Å². The van der Waals surface area contributed by atoms with Crippen molar-refractivity contribution in [3.05, 3.63) is 42.5 Å². The molecule has 0 amide bonds. The van der Waals surface area contributed by atoms with Gasteiger partial charge in [-0.3, -0.25) is 0 Å². The number of nitrogens with two attached hydrogens (primary N) is 1. The van der Waals surface area contributed by atoms with Crippen molar-refractivity contribution >= 4 is 17.1 Å². The highest BCUT2D eigenvalue weighted by molar-refractivity contribution is 5.78. The Hall–Kier alpha value is -2.36. The third kappa shape index (κ3) is 2.57. The van der Waals surface area contributed by atoms with Crippen LogP contribution in [-0.4, -0.2) is 21.3 Å². The van der Waals surface area contributed by atoms with E-state index in [1.54, 1.807) is 20.3 Å². The van der Waals surface area contributed by atoms with E-state index in [1.165, 1.54) is 0 Å². The van der Waals surface area contributed by atoms with Crippen LogP contribution < -0.4 is 20.1 Å². The molecule has 0 spiro atoms. The summed E-state index contributed by atoms with van der Waals surface area (Å²) in [6.07, 6.45) is 0. The quantitative estimate of drug-likeness (QED) is 0.856. The van der Waals surface area contributed by atoms with E-state index in [9.17, 15) is 0 Å². The van der Waals surface area contributed by atoms with Gasteiger partial charge in [0.25, 0.3) is 0 Å². The van der Waals surface area contributed by atoms with Crippen molar-refractivity contribution in [2.45, 2.75) is 0 Å². The summed E-state index contributed by atoms with van der Waals surface area (Å²) < 4.78 is 10.5. The molecule has 0 bridgehead atoms. The third-order valence-corrected chi connectivity index (χ3v) is 3.04. The van der Waals surface area contributed by atoms with Gasteiger partial charge in [0.1, 0.15) is 0 Å². The maximum Gasteiger partial charge on any atom is 0.162 e. The first-order valence-electron chi connectivity index (χ1n) is 5.97. The van der Waals surface area contributed by atoms with Crippen LogP contribution in [0.5, 0.6) is 11.5 Å². The van der Waals surface area contributed by atoms with Crippen molar-refractivity contribution in [1.29, 1.82) is 0 Å². The van der Waals surface area contributed by atoms with Gasteiger partial charge >= 0.3 is 0 Å². The number of nitrogens with zero attached hydrogens (tertiary/aromatic N) is 1. The van der Waals surface area contributed by atoms with E-state index in [2.05, 4.69) is 0 Å². The lowest BCUT2D eigenvalue weighted by Gasteiger charge is -2.22. The summed E-state index contributed by atoms with van der Waals surface area (Å²) in [5.74, 6) is 1.29. The van der Waals surface area contributed by atoms with Crippen LogP contribution in [0.4, 0.5) is 17.1 Å². The topological polar surface area (TPSA) is 47.7 Å². The van der Waals surface area contributed by atoms with Gasteiger partial charge in [-0.15, -0.1) is 0 Å². The van der Waals surface area contributed by atoms with E-state index in [0.29, 0.717) is 17.2 Å². The largest absolute Gasteiger partial charge is 0.493 e. The zero-order chi connectivity index (χ0) is 13.8. The Morgan fingerprint density at radius 2 is 1.53 bits per heavy atom. The minimum absolute atomic E-state index is 0.630. The summed E-state index contributed by atoms with van der Waals surface area (Å²) in [4.78, 5) is 2.01. The zero-order valence-corrected chi connectivity index (χ0v) is 11.4. The molecule has 0 aromatic heterocycles. The Morgan fingerprint density at radius 3 is 2.11 bits per heavy atom. The number of hydrogen-bond acceptors (Lipinski definition) is 4. The maximum absolute atomic E-state index is 6.08. The van der Waals surface area contributed by atoms with Crippen LogP contribution in [0.3, 0.4) is 0 Å². The lowest BCUT2D eigenvalue weighted by Crippen LogP contribution is -2.12. The summed E-state index contributed by atoms with van der Waals surface area (Å²) in [6.45, 7) is 0. The van der Waals surface area contributed by atoms with Crippen LogP contribution in [0.1, 0.15) is 0 Å². The molecule has 0 saturated heterocycles. The SMILES string of the molecule is COc1cc(N)c(N(C)c2ccccc2)cc1OC. The molecule has 0 fully saturated rings. The van der Waals surface area contributed by atoms with Crippen molar-refractivity contribution < 1.29 is 9.47 Å². The van der Waals surface area contributed by atoms with Crippen molar-refractivity contribution in [1.82, 2.24) is 0 Å². The number of rotatable bonds is 4. The van der Waals surface area contributed by atoms with Crippen LogP contribution in [0.15, 0.2) is 42.5 Å². The molecular weight excluding hydrogens is 240 g/mol.